The lowest BCUT2D eigenvalue weighted by atomic mass is 10.3. The summed E-state index contributed by atoms with van der Waals surface area (Å²) in [5.41, 5.74) is 0.239. The Balaban J connectivity index is 3.01. The molecule has 1 rings (SSSR count). The molecule has 0 aliphatic carbocycles. The maximum absolute atomic E-state index is 13.1. The van der Waals surface area contributed by atoms with E-state index in [9.17, 15) is 4.39 Å². The number of halogens is 2. The maximum Gasteiger partial charge on any atom is 0.228 e. The molecule has 68 valence electrons. The molecule has 0 bridgehead atoms. The quantitative estimate of drug-likeness (QED) is 0.507. The monoisotopic (exact) mass is 192 g/mol. The van der Waals surface area contributed by atoms with Gasteiger partial charge in [-0.25, -0.2) is 4.99 Å². The molecule has 1 unspecified atom stereocenters. The molecule has 0 saturated carbocycles. The van der Waals surface area contributed by atoms with Crippen LogP contribution < -0.4 is 5.32 Å². The van der Waals surface area contributed by atoms with Crippen LogP contribution in [0.15, 0.2) is 16.7 Å². The van der Waals surface area contributed by atoms with Crippen molar-refractivity contribution in [1.82, 2.24) is 5.32 Å². The number of ether oxygens (including phenoxy) is 1. The Labute approximate surface area is 75.3 Å². The highest BCUT2D eigenvalue weighted by molar-refractivity contribution is 6.24. The first-order valence-electron chi connectivity index (χ1n) is 3.44. The lowest BCUT2D eigenvalue weighted by Crippen LogP contribution is -2.39. The van der Waals surface area contributed by atoms with Gasteiger partial charge in [-0.2, -0.15) is 4.39 Å². The molecule has 0 spiro atoms. The van der Waals surface area contributed by atoms with Gasteiger partial charge >= 0.3 is 0 Å². The summed E-state index contributed by atoms with van der Waals surface area (Å²) < 4.78 is 17.8. The van der Waals surface area contributed by atoms with E-state index in [4.69, 9.17) is 16.3 Å². The number of hydrogen-bond acceptors (Lipinski definition) is 3. The van der Waals surface area contributed by atoms with Crippen molar-refractivity contribution >= 4 is 17.3 Å². The van der Waals surface area contributed by atoms with Crippen molar-refractivity contribution < 1.29 is 9.13 Å². The standard InChI is InChI=1S/C7H10ClFN2O/c1-4-5(9)6(12-3)11-7(2,8)10-4/h11H,1-3H3. The van der Waals surface area contributed by atoms with Crippen LogP contribution in [0.1, 0.15) is 13.8 Å². The predicted molar refractivity (Wildman–Crippen MR) is 45.6 cm³/mol. The normalized spacial score (nSPS) is 29.6. The maximum atomic E-state index is 13.1. The number of nitrogens with zero attached hydrogens (tertiary/aromatic N) is 1. The first-order valence-corrected chi connectivity index (χ1v) is 3.82. The van der Waals surface area contributed by atoms with Crippen LogP contribution in [0.25, 0.3) is 0 Å². The summed E-state index contributed by atoms with van der Waals surface area (Å²) >= 11 is 5.83. The fourth-order valence-electron chi connectivity index (χ4n) is 0.959. The van der Waals surface area contributed by atoms with E-state index in [0.29, 0.717) is 0 Å². The molecule has 0 amide bonds. The van der Waals surface area contributed by atoms with Gasteiger partial charge in [0, 0.05) is 0 Å². The number of allylic oxidation sites excluding steroid dienone is 1. The van der Waals surface area contributed by atoms with Crippen LogP contribution in [0.3, 0.4) is 0 Å². The van der Waals surface area contributed by atoms with E-state index in [1.54, 1.807) is 6.92 Å². The summed E-state index contributed by atoms with van der Waals surface area (Å²) in [6, 6.07) is 0. The van der Waals surface area contributed by atoms with Gasteiger partial charge in [0.05, 0.1) is 12.8 Å². The fraction of sp³-hybridized carbons (Fsp3) is 0.571. The van der Waals surface area contributed by atoms with Crippen molar-refractivity contribution in [2.75, 3.05) is 7.11 Å². The predicted octanol–water partition coefficient (Wildman–Crippen LogP) is 1.75. The minimum atomic E-state index is -1.01. The minimum absolute atomic E-state index is 0.0278. The zero-order valence-electron chi connectivity index (χ0n) is 7.11. The van der Waals surface area contributed by atoms with E-state index in [0.717, 1.165) is 0 Å². The van der Waals surface area contributed by atoms with Crippen LogP contribution in [0.5, 0.6) is 0 Å². The average Bonchev–Trinajstić information content (AvgIpc) is 1.96. The molecule has 0 saturated heterocycles. The molecule has 0 aromatic carbocycles. The van der Waals surface area contributed by atoms with Crippen LogP contribution in [-0.2, 0) is 4.74 Å². The third-order valence-corrected chi connectivity index (χ3v) is 1.62. The van der Waals surface area contributed by atoms with Gasteiger partial charge in [-0.3, -0.25) is 0 Å². The molecule has 3 nitrogen and oxygen atoms in total. The van der Waals surface area contributed by atoms with Gasteiger partial charge < -0.3 is 10.1 Å². The Kier molecular flexibility index (Phi) is 2.28. The van der Waals surface area contributed by atoms with Crippen LogP contribution in [0.4, 0.5) is 4.39 Å². The van der Waals surface area contributed by atoms with Crippen molar-refractivity contribution in [2.45, 2.75) is 19.0 Å². The number of rotatable bonds is 1. The molecule has 1 atom stereocenters. The van der Waals surface area contributed by atoms with E-state index >= 15 is 0 Å². The summed E-state index contributed by atoms with van der Waals surface area (Å²) in [6.07, 6.45) is 0. The van der Waals surface area contributed by atoms with Crippen molar-refractivity contribution in [2.24, 2.45) is 4.99 Å². The van der Waals surface area contributed by atoms with Crippen LogP contribution >= 0.6 is 11.6 Å². The van der Waals surface area contributed by atoms with Gasteiger partial charge in [0.25, 0.3) is 0 Å². The summed E-state index contributed by atoms with van der Waals surface area (Å²) in [5.74, 6) is -0.476. The summed E-state index contributed by atoms with van der Waals surface area (Å²) in [6.45, 7) is 3.15. The van der Waals surface area contributed by atoms with Gasteiger partial charge in [-0.1, -0.05) is 11.6 Å². The van der Waals surface area contributed by atoms with Crippen LogP contribution in [-0.4, -0.2) is 17.9 Å². The van der Waals surface area contributed by atoms with E-state index in [1.165, 1.54) is 14.0 Å². The molecule has 1 aliphatic heterocycles. The van der Waals surface area contributed by atoms with Crippen molar-refractivity contribution in [3.05, 3.63) is 11.7 Å². The first kappa shape index (κ1) is 9.32. The minimum Gasteiger partial charge on any atom is -0.480 e. The Morgan fingerprint density at radius 3 is 2.75 bits per heavy atom. The van der Waals surface area contributed by atoms with Crippen LogP contribution in [0, 0.1) is 0 Å². The third-order valence-electron chi connectivity index (χ3n) is 1.44. The van der Waals surface area contributed by atoms with Gasteiger partial charge in [0.2, 0.25) is 16.8 Å². The third kappa shape index (κ3) is 1.69. The van der Waals surface area contributed by atoms with Crippen molar-refractivity contribution in [3.8, 4) is 0 Å². The van der Waals surface area contributed by atoms with E-state index in [-0.39, 0.29) is 11.6 Å². The molecule has 0 aromatic heterocycles. The summed E-state index contributed by atoms with van der Waals surface area (Å²) in [5, 5.41) is 1.57. The second kappa shape index (κ2) is 2.94. The first-order chi connectivity index (χ1) is 5.46. The van der Waals surface area contributed by atoms with Gasteiger partial charge in [-0.15, -0.1) is 0 Å². The average molecular weight is 193 g/mol. The Hall–Kier alpha value is -0.770. The highest BCUT2D eigenvalue weighted by Gasteiger charge is 2.28. The molecule has 5 heteroatoms. The molecule has 1 N–H and O–H groups in total. The summed E-state index contributed by atoms with van der Waals surface area (Å²) in [4.78, 5) is 3.85. The number of hydrogen-bond donors (Lipinski definition) is 1. The largest absolute Gasteiger partial charge is 0.480 e. The molecule has 1 aliphatic rings. The van der Waals surface area contributed by atoms with Crippen molar-refractivity contribution in [1.29, 1.82) is 0 Å². The zero-order chi connectivity index (χ0) is 9.35. The Bertz CT molecular complexity index is 260. The Morgan fingerprint density at radius 2 is 2.25 bits per heavy atom. The molecule has 12 heavy (non-hydrogen) atoms. The second-order valence-electron chi connectivity index (χ2n) is 2.62. The lowest BCUT2D eigenvalue weighted by molar-refractivity contribution is 0.230. The fourth-order valence-corrected chi connectivity index (χ4v) is 1.17. The lowest BCUT2D eigenvalue weighted by Gasteiger charge is -2.26. The van der Waals surface area contributed by atoms with Gasteiger partial charge in [0.1, 0.15) is 0 Å². The second-order valence-corrected chi connectivity index (χ2v) is 3.36. The number of alkyl halides is 1. The smallest absolute Gasteiger partial charge is 0.228 e. The SMILES string of the molecule is COC1=C(F)C(C)=NC(C)(Cl)N1. The Morgan fingerprint density at radius 1 is 1.67 bits per heavy atom. The van der Waals surface area contributed by atoms with E-state index < -0.39 is 10.9 Å². The van der Waals surface area contributed by atoms with Gasteiger partial charge in [-0.05, 0) is 13.8 Å². The van der Waals surface area contributed by atoms with Crippen molar-refractivity contribution in [3.63, 3.8) is 0 Å². The highest BCUT2D eigenvalue weighted by Crippen LogP contribution is 2.23. The number of nitrogens with one attached hydrogen (secondary N) is 1. The molecule has 0 radical (unpaired) electrons. The number of aliphatic imine (C=N–C) groups is 1. The van der Waals surface area contributed by atoms with Gasteiger partial charge in [0.15, 0.2) is 0 Å². The van der Waals surface area contributed by atoms with Crippen LogP contribution in [0.2, 0.25) is 0 Å². The molecule has 1 heterocycles. The highest BCUT2D eigenvalue weighted by atomic mass is 35.5. The zero-order valence-corrected chi connectivity index (χ0v) is 7.87. The molecule has 0 aromatic rings. The van der Waals surface area contributed by atoms with E-state index in [2.05, 4.69) is 10.3 Å². The topological polar surface area (TPSA) is 33.6 Å². The summed E-state index contributed by atoms with van der Waals surface area (Å²) in [7, 11) is 1.37. The molecular formula is C7H10ClFN2O. The van der Waals surface area contributed by atoms with E-state index in [1.807, 2.05) is 0 Å². The number of methoxy groups -OCH3 is 1. The molecular weight excluding hydrogens is 183 g/mol. The molecule has 0 fully saturated rings.